The highest BCUT2D eigenvalue weighted by Crippen LogP contribution is 2.43. The molecule has 0 rings (SSSR count). The standard InChI is InChI=1S/C54H111N2O6P/c1-6-8-10-12-14-16-18-20-21-22-23-24-25-26-27-28-29-30-31-32-33-34-36-37-39-41-43-45-47-53(57)52(51-62-63(59,60)61-50-49-56(3,4)5)55-54(58)48-46-44-42-40-38-35-19-17-15-13-11-9-7-2/h52-53,57H,6-51H2,1-5H3,(H-,55,58,59,60)/p+1. The largest absolute Gasteiger partial charge is 0.472 e. The average molecular weight is 916 g/mol. The number of phosphoric acid groups is 1. The molecule has 0 aromatic heterocycles. The Morgan fingerprint density at radius 1 is 0.476 bits per heavy atom. The third kappa shape index (κ3) is 49.2. The zero-order valence-electron chi connectivity index (χ0n) is 43.1. The molecule has 378 valence electrons. The molecule has 0 saturated heterocycles. The molecule has 63 heavy (non-hydrogen) atoms. The molecule has 0 aliphatic rings. The van der Waals surface area contributed by atoms with Crippen molar-refractivity contribution in [3.63, 3.8) is 0 Å². The molecule has 0 aromatic carbocycles. The second-order valence-corrected chi connectivity index (χ2v) is 22.1. The van der Waals surface area contributed by atoms with Gasteiger partial charge in [0.25, 0.3) is 0 Å². The fraction of sp³-hybridized carbons (Fsp3) is 0.981. The number of nitrogens with zero attached hydrogens (tertiary/aromatic N) is 1. The monoisotopic (exact) mass is 916 g/mol. The van der Waals surface area contributed by atoms with Gasteiger partial charge in [-0.15, -0.1) is 0 Å². The SMILES string of the molecule is CCCCCCCCCCCCCCCCCCCCCCCCCCCCCCC(O)C(COP(=O)(O)OCC[N+](C)(C)C)NC(=O)CCCCCCCCCCCCCCC. The first-order chi connectivity index (χ1) is 30.5. The second-order valence-electron chi connectivity index (χ2n) is 20.7. The summed E-state index contributed by atoms with van der Waals surface area (Å²) in [6.07, 6.45) is 54.5. The summed E-state index contributed by atoms with van der Waals surface area (Å²) in [6, 6.07) is -0.754. The number of carbonyl (C=O) groups excluding carboxylic acids is 1. The number of rotatable bonds is 52. The predicted molar refractivity (Wildman–Crippen MR) is 272 cm³/mol. The molecule has 0 aliphatic carbocycles. The molecule has 1 amide bonds. The molecule has 3 N–H and O–H groups in total. The molecule has 0 aliphatic heterocycles. The van der Waals surface area contributed by atoms with Crippen molar-refractivity contribution >= 4 is 13.7 Å². The van der Waals surface area contributed by atoms with Crippen LogP contribution in [-0.4, -0.2) is 73.4 Å². The van der Waals surface area contributed by atoms with Crippen LogP contribution in [0.3, 0.4) is 0 Å². The van der Waals surface area contributed by atoms with Crippen LogP contribution < -0.4 is 5.32 Å². The summed E-state index contributed by atoms with van der Waals surface area (Å²) in [6.45, 7) is 4.93. The first-order valence-electron chi connectivity index (χ1n) is 27.9. The zero-order valence-corrected chi connectivity index (χ0v) is 44.0. The number of carbonyl (C=O) groups is 1. The van der Waals surface area contributed by atoms with Crippen molar-refractivity contribution in [3.05, 3.63) is 0 Å². The Balaban J connectivity index is 4.04. The van der Waals surface area contributed by atoms with Crippen LogP contribution in [0.1, 0.15) is 290 Å². The van der Waals surface area contributed by atoms with E-state index in [-0.39, 0.29) is 19.1 Å². The zero-order chi connectivity index (χ0) is 46.4. The van der Waals surface area contributed by atoms with Crippen LogP contribution >= 0.6 is 7.82 Å². The van der Waals surface area contributed by atoms with Gasteiger partial charge in [-0.25, -0.2) is 4.57 Å². The Bertz CT molecular complexity index is 994. The number of hydrogen-bond donors (Lipinski definition) is 3. The minimum atomic E-state index is -4.31. The highest BCUT2D eigenvalue weighted by atomic mass is 31.2. The highest BCUT2D eigenvalue weighted by molar-refractivity contribution is 7.47. The topological polar surface area (TPSA) is 105 Å². The van der Waals surface area contributed by atoms with Gasteiger partial charge in [-0.1, -0.05) is 271 Å². The normalized spacial score (nSPS) is 14.0. The van der Waals surface area contributed by atoms with E-state index in [9.17, 15) is 19.4 Å². The summed E-state index contributed by atoms with van der Waals surface area (Å²) in [5, 5.41) is 14.0. The van der Waals surface area contributed by atoms with E-state index in [1.54, 1.807) is 0 Å². The predicted octanol–water partition coefficient (Wildman–Crippen LogP) is 16.5. The third-order valence-corrected chi connectivity index (χ3v) is 14.1. The number of hydrogen-bond acceptors (Lipinski definition) is 5. The third-order valence-electron chi connectivity index (χ3n) is 13.1. The molecule has 0 fully saturated rings. The maximum Gasteiger partial charge on any atom is 0.472 e. The molecule has 0 aromatic rings. The van der Waals surface area contributed by atoms with Gasteiger partial charge in [0.2, 0.25) is 5.91 Å². The lowest BCUT2D eigenvalue weighted by Crippen LogP contribution is -2.46. The molecule has 3 atom stereocenters. The molecule has 0 bridgehead atoms. The fourth-order valence-corrected chi connectivity index (χ4v) is 9.43. The maximum atomic E-state index is 12.9. The minimum Gasteiger partial charge on any atom is -0.391 e. The number of amides is 1. The van der Waals surface area contributed by atoms with Crippen LogP contribution in [0.5, 0.6) is 0 Å². The van der Waals surface area contributed by atoms with E-state index in [2.05, 4.69) is 19.2 Å². The molecule has 8 nitrogen and oxygen atoms in total. The lowest BCUT2D eigenvalue weighted by Gasteiger charge is -2.26. The number of quaternary nitrogens is 1. The van der Waals surface area contributed by atoms with Gasteiger partial charge in [-0.3, -0.25) is 13.8 Å². The first-order valence-corrected chi connectivity index (χ1v) is 29.4. The van der Waals surface area contributed by atoms with Gasteiger partial charge in [0.1, 0.15) is 13.2 Å². The van der Waals surface area contributed by atoms with E-state index in [1.807, 2.05) is 21.1 Å². The summed E-state index contributed by atoms with van der Waals surface area (Å²) in [4.78, 5) is 23.2. The van der Waals surface area contributed by atoms with Crippen molar-refractivity contribution < 1.29 is 32.9 Å². The van der Waals surface area contributed by atoms with Gasteiger partial charge < -0.3 is 19.8 Å². The van der Waals surface area contributed by atoms with E-state index in [0.29, 0.717) is 23.9 Å². The van der Waals surface area contributed by atoms with Crippen LogP contribution in [0.15, 0.2) is 0 Å². The molecule has 0 spiro atoms. The Morgan fingerprint density at radius 3 is 1.06 bits per heavy atom. The van der Waals surface area contributed by atoms with Crippen LogP contribution in [-0.2, 0) is 18.4 Å². The number of aliphatic hydroxyl groups is 1. The number of unbranched alkanes of at least 4 members (excludes halogenated alkanes) is 39. The molecule has 0 heterocycles. The van der Waals surface area contributed by atoms with Crippen molar-refractivity contribution in [2.45, 2.75) is 302 Å². The minimum absolute atomic E-state index is 0.0789. The smallest absolute Gasteiger partial charge is 0.391 e. The van der Waals surface area contributed by atoms with Crippen LogP contribution in [0, 0.1) is 0 Å². The van der Waals surface area contributed by atoms with Gasteiger partial charge in [-0.2, -0.15) is 0 Å². The quantitative estimate of drug-likeness (QED) is 0.0319. The van der Waals surface area contributed by atoms with Crippen LogP contribution in [0.2, 0.25) is 0 Å². The highest BCUT2D eigenvalue weighted by Gasteiger charge is 2.28. The van der Waals surface area contributed by atoms with E-state index >= 15 is 0 Å². The molecule has 0 radical (unpaired) electrons. The molecule has 0 saturated carbocycles. The molecule has 9 heteroatoms. The fourth-order valence-electron chi connectivity index (χ4n) is 8.70. The van der Waals surface area contributed by atoms with Crippen molar-refractivity contribution in [3.8, 4) is 0 Å². The average Bonchev–Trinajstić information content (AvgIpc) is 3.24. The van der Waals surface area contributed by atoms with Gasteiger partial charge >= 0.3 is 7.82 Å². The number of likely N-dealkylation sites (N-methyl/N-ethyl adjacent to an activating group) is 1. The Morgan fingerprint density at radius 2 is 0.762 bits per heavy atom. The maximum absolute atomic E-state index is 12.9. The molecular weight excluding hydrogens is 804 g/mol. The van der Waals surface area contributed by atoms with Gasteiger partial charge in [0.15, 0.2) is 0 Å². The number of nitrogens with one attached hydrogen (secondary N) is 1. The Kier molecular flexibility index (Phi) is 46.2. The number of aliphatic hydroxyl groups excluding tert-OH is 1. The second kappa shape index (κ2) is 46.6. The molecule has 3 unspecified atom stereocenters. The van der Waals surface area contributed by atoms with E-state index in [0.717, 1.165) is 38.5 Å². The van der Waals surface area contributed by atoms with Crippen LogP contribution in [0.25, 0.3) is 0 Å². The van der Waals surface area contributed by atoms with Crippen molar-refractivity contribution in [1.29, 1.82) is 0 Å². The summed E-state index contributed by atoms with van der Waals surface area (Å²) < 4.78 is 23.7. The van der Waals surface area contributed by atoms with Crippen molar-refractivity contribution in [2.75, 3.05) is 40.9 Å². The van der Waals surface area contributed by atoms with E-state index in [4.69, 9.17) is 9.05 Å². The summed E-state index contributed by atoms with van der Waals surface area (Å²) >= 11 is 0. The lowest BCUT2D eigenvalue weighted by atomic mass is 10.0. The number of phosphoric ester groups is 1. The van der Waals surface area contributed by atoms with Gasteiger partial charge in [0.05, 0.1) is 39.9 Å². The van der Waals surface area contributed by atoms with Gasteiger partial charge in [0, 0.05) is 6.42 Å². The summed E-state index contributed by atoms with van der Waals surface area (Å²) in [5.74, 6) is -0.139. The van der Waals surface area contributed by atoms with Gasteiger partial charge in [-0.05, 0) is 12.8 Å². The summed E-state index contributed by atoms with van der Waals surface area (Å²) in [7, 11) is 1.63. The lowest BCUT2D eigenvalue weighted by molar-refractivity contribution is -0.870. The molecular formula is C54H112N2O6P+. The Hall–Kier alpha value is -0.500. The summed E-state index contributed by atoms with van der Waals surface area (Å²) in [5.41, 5.74) is 0. The Labute approximate surface area is 393 Å². The van der Waals surface area contributed by atoms with E-state index in [1.165, 1.54) is 225 Å². The first kappa shape index (κ1) is 62.5. The van der Waals surface area contributed by atoms with E-state index < -0.39 is 20.0 Å². The van der Waals surface area contributed by atoms with Crippen LogP contribution in [0.4, 0.5) is 0 Å². The van der Waals surface area contributed by atoms with Crippen molar-refractivity contribution in [2.24, 2.45) is 0 Å². The van der Waals surface area contributed by atoms with Crippen molar-refractivity contribution in [1.82, 2.24) is 5.32 Å².